The predicted octanol–water partition coefficient (Wildman–Crippen LogP) is 4.33. The molecule has 1 aromatic carbocycles. The maximum atomic E-state index is 12.6. The Morgan fingerprint density at radius 2 is 1.82 bits per heavy atom. The molecule has 3 rings (SSSR count). The second kappa shape index (κ2) is 8.31. The molecule has 0 radical (unpaired) electrons. The standard InChI is InChI=1S/C21H26BrN5O/c1-6-26-12-19(14(3)24-26)13(2)23-21(28)18-9-7-17(8-10-18)11-27-16(5)20(22)15(4)25-27/h7-10,12-13H,6,11H2,1-5H3,(H,23,28). The highest BCUT2D eigenvalue weighted by Gasteiger charge is 2.16. The Morgan fingerprint density at radius 3 is 2.36 bits per heavy atom. The van der Waals surface area contributed by atoms with E-state index in [0.717, 1.165) is 39.2 Å². The molecule has 0 aliphatic carbocycles. The Kier molecular flexibility index (Phi) is 6.03. The average molecular weight is 444 g/mol. The fourth-order valence-corrected chi connectivity index (χ4v) is 3.53. The van der Waals surface area contributed by atoms with Gasteiger partial charge in [-0.05, 0) is 68.2 Å². The lowest BCUT2D eigenvalue weighted by atomic mass is 10.1. The summed E-state index contributed by atoms with van der Waals surface area (Å²) in [7, 11) is 0. The van der Waals surface area contributed by atoms with Crippen LogP contribution in [0, 0.1) is 20.8 Å². The van der Waals surface area contributed by atoms with Gasteiger partial charge in [-0.1, -0.05) is 12.1 Å². The fourth-order valence-electron chi connectivity index (χ4n) is 3.24. The summed E-state index contributed by atoms with van der Waals surface area (Å²) in [5.74, 6) is -0.0865. The second-order valence-electron chi connectivity index (χ2n) is 7.06. The van der Waals surface area contributed by atoms with Crippen molar-refractivity contribution >= 4 is 21.8 Å². The van der Waals surface area contributed by atoms with E-state index in [-0.39, 0.29) is 11.9 Å². The van der Waals surface area contributed by atoms with Crippen molar-refractivity contribution < 1.29 is 4.79 Å². The van der Waals surface area contributed by atoms with Crippen LogP contribution in [0.5, 0.6) is 0 Å². The van der Waals surface area contributed by atoms with Gasteiger partial charge in [0.1, 0.15) is 0 Å². The number of aromatic nitrogens is 4. The van der Waals surface area contributed by atoms with Crippen LogP contribution in [0.15, 0.2) is 34.9 Å². The van der Waals surface area contributed by atoms with Crippen molar-refractivity contribution in [3.05, 3.63) is 68.7 Å². The molecule has 0 bridgehead atoms. The molecule has 0 spiro atoms. The third-order valence-electron chi connectivity index (χ3n) is 4.96. The van der Waals surface area contributed by atoms with Gasteiger partial charge in [-0.2, -0.15) is 10.2 Å². The first-order valence-corrected chi connectivity index (χ1v) is 10.2. The van der Waals surface area contributed by atoms with Crippen LogP contribution in [0.1, 0.15) is 58.5 Å². The minimum absolute atomic E-state index is 0.0865. The summed E-state index contributed by atoms with van der Waals surface area (Å²) in [4.78, 5) is 12.6. The first-order chi connectivity index (χ1) is 13.3. The molecule has 1 N–H and O–H groups in total. The Morgan fingerprint density at radius 1 is 1.14 bits per heavy atom. The topological polar surface area (TPSA) is 64.7 Å². The molecule has 0 saturated carbocycles. The van der Waals surface area contributed by atoms with Crippen molar-refractivity contribution in [1.29, 1.82) is 0 Å². The molecule has 148 valence electrons. The van der Waals surface area contributed by atoms with Gasteiger partial charge in [-0.15, -0.1) is 0 Å². The van der Waals surface area contributed by atoms with Crippen molar-refractivity contribution in [2.75, 3.05) is 0 Å². The monoisotopic (exact) mass is 443 g/mol. The SMILES string of the molecule is CCn1cc(C(C)NC(=O)c2ccc(Cn3nc(C)c(Br)c3C)cc2)c(C)n1. The maximum Gasteiger partial charge on any atom is 0.251 e. The van der Waals surface area contributed by atoms with Gasteiger partial charge >= 0.3 is 0 Å². The van der Waals surface area contributed by atoms with Gasteiger partial charge in [0.2, 0.25) is 0 Å². The normalized spacial score (nSPS) is 12.2. The van der Waals surface area contributed by atoms with E-state index in [1.165, 1.54) is 0 Å². The Balaban J connectivity index is 1.67. The molecule has 0 aliphatic heterocycles. The minimum atomic E-state index is -0.0977. The third-order valence-corrected chi connectivity index (χ3v) is 6.11. The van der Waals surface area contributed by atoms with E-state index in [4.69, 9.17) is 0 Å². The number of nitrogens with zero attached hydrogens (tertiary/aromatic N) is 4. The second-order valence-corrected chi connectivity index (χ2v) is 7.85. The molecule has 1 amide bonds. The summed E-state index contributed by atoms with van der Waals surface area (Å²) in [6, 6.07) is 7.58. The van der Waals surface area contributed by atoms with Crippen LogP contribution in [0.4, 0.5) is 0 Å². The molecule has 7 heteroatoms. The third kappa shape index (κ3) is 4.19. The smallest absolute Gasteiger partial charge is 0.251 e. The molecule has 2 aromatic heterocycles. The van der Waals surface area contributed by atoms with E-state index < -0.39 is 0 Å². The highest BCUT2D eigenvalue weighted by molar-refractivity contribution is 9.10. The van der Waals surface area contributed by atoms with Crippen molar-refractivity contribution in [3.63, 3.8) is 0 Å². The first kappa shape index (κ1) is 20.3. The zero-order chi connectivity index (χ0) is 20.4. The number of rotatable bonds is 6. The fraction of sp³-hybridized carbons (Fsp3) is 0.381. The number of nitrogens with one attached hydrogen (secondary N) is 1. The van der Waals surface area contributed by atoms with Crippen LogP contribution >= 0.6 is 15.9 Å². The molecular formula is C21H26BrN5O. The summed E-state index contributed by atoms with van der Waals surface area (Å²) < 4.78 is 4.89. The lowest BCUT2D eigenvalue weighted by Crippen LogP contribution is -2.26. The molecule has 0 fully saturated rings. The van der Waals surface area contributed by atoms with Gasteiger partial charge in [0.05, 0.1) is 34.1 Å². The summed E-state index contributed by atoms with van der Waals surface area (Å²) in [6.07, 6.45) is 2.00. The molecule has 28 heavy (non-hydrogen) atoms. The lowest BCUT2D eigenvalue weighted by Gasteiger charge is -2.13. The molecule has 0 saturated heterocycles. The highest BCUT2D eigenvalue weighted by atomic mass is 79.9. The van der Waals surface area contributed by atoms with Crippen LogP contribution in [-0.2, 0) is 13.1 Å². The van der Waals surface area contributed by atoms with Crippen LogP contribution in [0.25, 0.3) is 0 Å². The Hall–Kier alpha value is -2.41. The van der Waals surface area contributed by atoms with Crippen LogP contribution in [0.2, 0.25) is 0 Å². The number of aryl methyl sites for hydroxylation is 3. The minimum Gasteiger partial charge on any atom is -0.345 e. The van der Waals surface area contributed by atoms with Gasteiger partial charge in [-0.25, -0.2) is 0 Å². The summed E-state index contributed by atoms with van der Waals surface area (Å²) in [5, 5.41) is 12.0. The maximum absolute atomic E-state index is 12.6. The van der Waals surface area contributed by atoms with Crippen LogP contribution in [-0.4, -0.2) is 25.5 Å². The molecular weight excluding hydrogens is 418 g/mol. The number of carbonyl (C=O) groups is 1. The number of benzene rings is 1. The van der Waals surface area contributed by atoms with E-state index in [0.29, 0.717) is 12.1 Å². The lowest BCUT2D eigenvalue weighted by molar-refractivity contribution is 0.0940. The first-order valence-electron chi connectivity index (χ1n) is 9.43. The van der Waals surface area contributed by atoms with Crippen molar-refractivity contribution in [2.24, 2.45) is 0 Å². The quantitative estimate of drug-likeness (QED) is 0.616. The van der Waals surface area contributed by atoms with E-state index in [2.05, 4.69) is 31.4 Å². The molecule has 0 aliphatic rings. The molecule has 1 unspecified atom stereocenters. The van der Waals surface area contributed by atoms with E-state index >= 15 is 0 Å². The summed E-state index contributed by atoms with van der Waals surface area (Å²) >= 11 is 3.55. The predicted molar refractivity (Wildman–Crippen MR) is 113 cm³/mol. The summed E-state index contributed by atoms with van der Waals surface area (Å²) in [6.45, 7) is 11.5. The van der Waals surface area contributed by atoms with E-state index in [9.17, 15) is 4.79 Å². The van der Waals surface area contributed by atoms with Crippen molar-refractivity contribution in [3.8, 4) is 0 Å². The van der Waals surface area contributed by atoms with Crippen LogP contribution in [0.3, 0.4) is 0 Å². The average Bonchev–Trinajstić information content (AvgIpc) is 3.17. The van der Waals surface area contributed by atoms with Gasteiger partial charge in [0.15, 0.2) is 0 Å². The summed E-state index contributed by atoms with van der Waals surface area (Å²) in [5.41, 5.74) is 5.80. The number of amides is 1. The largest absolute Gasteiger partial charge is 0.345 e. The van der Waals surface area contributed by atoms with Gasteiger partial charge in [0, 0.05) is 23.9 Å². The zero-order valence-corrected chi connectivity index (χ0v) is 18.5. The van der Waals surface area contributed by atoms with E-state index in [1.807, 2.05) is 74.4 Å². The van der Waals surface area contributed by atoms with Crippen molar-refractivity contribution in [2.45, 2.75) is 53.8 Å². The van der Waals surface area contributed by atoms with Crippen molar-refractivity contribution in [1.82, 2.24) is 24.9 Å². The molecule has 6 nitrogen and oxygen atoms in total. The number of halogens is 1. The van der Waals surface area contributed by atoms with Crippen LogP contribution < -0.4 is 5.32 Å². The molecule has 1 atom stereocenters. The van der Waals surface area contributed by atoms with Gasteiger partial charge < -0.3 is 5.32 Å². The Bertz CT molecular complexity index is 987. The van der Waals surface area contributed by atoms with E-state index in [1.54, 1.807) is 0 Å². The molecule has 3 aromatic rings. The highest BCUT2D eigenvalue weighted by Crippen LogP contribution is 2.21. The number of hydrogen-bond acceptors (Lipinski definition) is 3. The molecule has 2 heterocycles. The Labute approximate surface area is 174 Å². The van der Waals surface area contributed by atoms with Gasteiger partial charge in [-0.3, -0.25) is 14.2 Å². The van der Waals surface area contributed by atoms with Gasteiger partial charge in [0.25, 0.3) is 5.91 Å². The number of carbonyl (C=O) groups excluding carboxylic acids is 1. The number of hydrogen-bond donors (Lipinski definition) is 1. The zero-order valence-electron chi connectivity index (χ0n) is 17.0.